The lowest BCUT2D eigenvalue weighted by atomic mass is 10.0. The van der Waals surface area contributed by atoms with E-state index in [9.17, 15) is 14.4 Å². The Morgan fingerprint density at radius 3 is 2.48 bits per heavy atom. The number of hydrogen-bond donors (Lipinski definition) is 1. The summed E-state index contributed by atoms with van der Waals surface area (Å²) in [6.07, 6.45) is 1.78. The number of methoxy groups -OCH3 is 1. The fraction of sp³-hybridized carbons (Fsp3) is 0.292. The van der Waals surface area contributed by atoms with Crippen LogP contribution in [0.4, 0.5) is 0 Å². The van der Waals surface area contributed by atoms with Crippen LogP contribution in [0.5, 0.6) is 0 Å². The van der Waals surface area contributed by atoms with Crippen molar-refractivity contribution in [3.63, 3.8) is 0 Å². The minimum absolute atomic E-state index is 0.0206. The maximum Gasteiger partial charge on any atom is 0.328 e. The first-order valence-corrected chi connectivity index (χ1v) is 9.91. The number of furan rings is 1. The van der Waals surface area contributed by atoms with E-state index in [1.165, 1.54) is 13.4 Å². The number of rotatable bonds is 8. The molecule has 0 aliphatic carbocycles. The van der Waals surface area contributed by atoms with Crippen molar-refractivity contribution in [2.45, 2.75) is 32.7 Å². The maximum atomic E-state index is 12.3. The molecule has 0 saturated carbocycles. The van der Waals surface area contributed by atoms with Crippen LogP contribution in [-0.4, -0.2) is 37.6 Å². The van der Waals surface area contributed by atoms with E-state index >= 15 is 0 Å². The Hall–Kier alpha value is -3.61. The van der Waals surface area contributed by atoms with Gasteiger partial charge in [0.25, 0.3) is 5.91 Å². The number of esters is 2. The van der Waals surface area contributed by atoms with Crippen molar-refractivity contribution >= 4 is 28.8 Å². The molecule has 1 atom stereocenters. The molecule has 3 rings (SSSR count). The zero-order valence-electron chi connectivity index (χ0n) is 17.8. The summed E-state index contributed by atoms with van der Waals surface area (Å²) in [5, 5.41) is 3.41. The third kappa shape index (κ3) is 5.72. The minimum atomic E-state index is -0.873. The van der Waals surface area contributed by atoms with Gasteiger partial charge in [0.1, 0.15) is 11.6 Å². The van der Waals surface area contributed by atoms with Gasteiger partial charge < -0.3 is 19.2 Å². The van der Waals surface area contributed by atoms with Crippen molar-refractivity contribution in [3.05, 3.63) is 71.0 Å². The fourth-order valence-corrected chi connectivity index (χ4v) is 3.25. The van der Waals surface area contributed by atoms with Gasteiger partial charge in [0.2, 0.25) is 0 Å². The standard InChI is InChI=1S/C24H25NO6/c1-15-9-19-18(13-30-21(19)10-16(15)2)12-23(27)31-14-22(26)25-20(24(28)29-3)11-17-7-5-4-6-8-17/h4-10,13,20H,11-12,14H2,1-3H3,(H,25,26)/t20-/m0/s1. The lowest BCUT2D eigenvalue weighted by Crippen LogP contribution is -2.44. The van der Waals surface area contributed by atoms with Gasteiger partial charge in [-0.05, 0) is 42.7 Å². The number of amides is 1. The molecule has 0 aliphatic heterocycles. The summed E-state index contributed by atoms with van der Waals surface area (Å²) in [6.45, 7) is 3.49. The average Bonchev–Trinajstić information content (AvgIpc) is 3.13. The minimum Gasteiger partial charge on any atom is -0.467 e. The predicted molar refractivity (Wildman–Crippen MR) is 114 cm³/mol. The van der Waals surface area contributed by atoms with Crippen LogP contribution < -0.4 is 5.32 Å². The van der Waals surface area contributed by atoms with E-state index in [-0.39, 0.29) is 12.8 Å². The van der Waals surface area contributed by atoms with Gasteiger partial charge in [0, 0.05) is 17.4 Å². The predicted octanol–water partition coefficient (Wildman–Crippen LogP) is 3.04. The molecular weight excluding hydrogens is 398 g/mol. The molecule has 0 unspecified atom stereocenters. The highest BCUT2D eigenvalue weighted by Gasteiger charge is 2.23. The van der Waals surface area contributed by atoms with Gasteiger partial charge in [-0.1, -0.05) is 30.3 Å². The Morgan fingerprint density at radius 2 is 1.77 bits per heavy atom. The van der Waals surface area contributed by atoms with Crippen molar-refractivity contribution in [3.8, 4) is 0 Å². The zero-order valence-corrected chi connectivity index (χ0v) is 17.8. The van der Waals surface area contributed by atoms with E-state index in [2.05, 4.69) is 5.32 Å². The molecule has 0 bridgehead atoms. The monoisotopic (exact) mass is 423 g/mol. The largest absolute Gasteiger partial charge is 0.467 e. The first kappa shape index (κ1) is 22.1. The van der Waals surface area contributed by atoms with Crippen LogP contribution in [-0.2, 0) is 36.7 Å². The Balaban J connectivity index is 1.56. The first-order valence-electron chi connectivity index (χ1n) is 9.91. The van der Waals surface area contributed by atoms with Crippen molar-refractivity contribution in [1.82, 2.24) is 5.32 Å². The number of carbonyl (C=O) groups is 3. The maximum absolute atomic E-state index is 12.3. The van der Waals surface area contributed by atoms with Crippen molar-refractivity contribution < 1.29 is 28.3 Å². The molecule has 0 fully saturated rings. The Bertz CT molecular complexity index is 1090. The molecule has 1 heterocycles. The van der Waals surface area contributed by atoms with Gasteiger partial charge in [-0.2, -0.15) is 0 Å². The SMILES string of the molecule is COC(=O)[C@H](Cc1ccccc1)NC(=O)COC(=O)Cc1coc2cc(C)c(C)cc12. The summed E-state index contributed by atoms with van der Waals surface area (Å²) < 4.78 is 15.4. The summed E-state index contributed by atoms with van der Waals surface area (Å²) in [6, 6.07) is 12.3. The van der Waals surface area contributed by atoms with Gasteiger partial charge in [-0.15, -0.1) is 0 Å². The highest BCUT2D eigenvalue weighted by molar-refractivity contribution is 5.89. The van der Waals surface area contributed by atoms with E-state index < -0.39 is 30.5 Å². The summed E-state index contributed by atoms with van der Waals surface area (Å²) in [4.78, 5) is 36.5. The highest BCUT2D eigenvalue weighted by atomic mass is 16.5. The van der Waals surface area contributed by atoms with Crippen LogP contribution in [0.25, 0.3) is 11.0 Å². The third-order valence-corrected chi connectivity index (χ3v) is 5.07. The molecule has 0 aliphatic rings. The van der Waals surface area contributed by atoms with E-state index in [1.54, 1.807) is 0 Å². The van der Waals surface area contributed by atoms with Crippen LogP contribution in [0.2, 0.25) is 0 Å². The number of fused-ring (bicyclic) bond motifs is 1. The van der Waals surface area contributed by atoms with Crippen LogP contribution in [0.1, 0.15) is 22.3 Å². The Morgan fingerprint density at radius 1 is 1.06 bits per heavy atom. The lowest BCUT2D eigenvalue weighted by Gasteiger charge is -2.16. The first-order chi connectivity index (χ1) is 14.9. The number of nitrogens with one attached hydrogen (secondary N) is 1. The van der Waals surface area contributed by atoms with E-state index in [0.717, 1.165) is 22.1 Å². The topological polar surface area (TPSA) is 94.8 Å². The molecule has 1 amide bonds. The Kier molecular flexibility index (Phi) is 7.07. The summed E-state index contributed by atoms with van der Waals surface area (Å²) in [7, 11) is 1.25. The molecule has 162 valence electrons. The molecule has 7 heteroatoms. The smallest absolute Gasteiger partial charge is 0.328 e. The zero-order chi connectivity index (χ0) is 22.4. The van der Waals surface area contributed by atoms with Crippen LogP contribution >= 0.6 is 0 Å². The third-order valence-electron chi connectivity index (χ3n) is 5.07. The average molecular weight is 423 g/mol. The van der Waals surface area contributed by atoms with Crippen molar-refractivity contribution in [1.29, 1.82) is 0 Å². The number of ether oxygens (including phenoxy) is 2. The lowest BCUT2D eigenvalue weighted by molar-refractivity contribution is -0.149. The van der Waals surface area contributed by atoms with Gasteiger partial charge in [-0.25, -0.2) is 4.79 Å². The summed E-state index contributed by atoms with van der Waals surface area (Å²) in [5.74, 6) is -1.71. The number of aryl methyl sites for hydroxylation is 2. The van der Waals surface area contributed by atoms with E-state index in [0.29, 0.717) is 11.1 Å². The van der Waals surface area contributed by atoms with Crippen molar-refractivity contribution in [2.75, 3.05) is 13.7 Å². The van der Waals surface area contributed by atoms with Crippen molar-refractivity contribution in [2.24, 2.45) is 0 Å². The second kappa shape index (κ2) is 9.93. The molecule has 1 aromatic heterocycles. The fourth-order valence-electron chi connectivity index (χ4n) is 3.25. The number of carbonyl (C=O) groups excluding carboxylic acids is 3. The highest BCUT2D eigenvalue weighted by Crippen LogP contribution is 2.25. The number of hydrogen-bond acceptors (Lipinski definition) is 6. The summed E-state index contributed by atoms with van der Waals surface area (Å²) >= 11 is 0. The molecule has 0 saturated heterocycles. The summed E-state index contributed by atoms with van der Waals surface area (Å²) in [5.41, 5.74) is 4.46. The second-order valence-corrected chi connectivity index (χ2v) is 7.36. The second-order valence-electron chi connectivity index (χ2n) is 7.36. The molecule has 1 N–H and O–H groups in total. The molecule has 3 aromatic rings. The molecule has 7 nitrogen and oxygen atoms in total. The van der Waals surface area contributed by atoms with Gasteiger partial charge >= 0.3 is 11.9 Å². The van der Waals surface area contributed by atoms with Crippen LogP contribution in [0.15, 0.2) is 53.1 Å². The quantitative estimate of drug-likeness (QED) is 0.560. The Labute approximate surface area is 180 Å². The van der Waals surface area contributed by atoms with Crippen LogP contribution in [0, 0.1) is 13.8 Å². The molecule has 2 aromatic carbocycles. The molecular formula is C24H25NO6. The normalized spacial score (nSPS) is 11.7. The van der Waals surface area contributed by atoms with E-state index in [4.69, 9.17) is 13.9 Å². The van der Waals surface area contributed by atoms with Gasteiger partial charge in [0.15, 0.2) is 6.61 Å². The van der Waals surface area contributed by atoms with Gasteiger partial charge in [-0.3, -0.25) is 9.59 Å². The van der Waals surface area contributed by atoms with E-state index in [1.807, 2.05) is 56.3 Å². The van der Waals surface area contributed by atoms with Gasteiger partial charge in [0.05, 0.1) is 19.8 Å². The van der Waals surface area contributed by atoms with Crippen LogP contribution in [0.3, 0.4) is 0 Å². The molecule has 0 radical (unpaired) electrons. The molecule has 31 heavy (non-hydrogen) atoms. The number of benzene rings is 2. The molecule has 0 spiro atoms.